The van der Waals surface area contributed by atoms with Crippen molar-refractivity contribution >= 4 is 23.3 Å². The van der Waals surface area contributed by atoms with E-state index in [1.165, 1.54) is 5.56 Å². The van der Waals surface area contributed by atoms with Crippen molar-refractivity contribution in [3.8, 4) is 0 Å². The molecule has 0 aromatic heterocycles. The second-order valence-corrected chi connectivity index (χ2v) is 6.80. The zero-order valence-electron chi connectivity index (χ0n) is 14.4. The maximum Gasteiger partial charge on any atom is 0.321 e. The van der Waals surface area contributed by atoms with Gasteiger partial charge in [0.1, 0.15) is 0 Å². The summed E-state index contributed by atoms with van der Waals surface area (Å²) < 4.78 is 5.97. The van der Waals surface area contributed by atoms with Gasteiger partial charge in [0, 0.05) is 13.1 Å². The Morgan fingerprint density at radius 2 is 1.92 bits per heavy atom. The maximum absolute atomic E-state index is 12.4. The van der Waals surface area contributed by atoms with Crippen molar-refractivity contribution in [2.45, 2.75) is 32.5 Å². The van der Waals surface area contributed by atoms with E-state index in [1.54, 1.807) is 0 Å². The lowest BCUT2D eigenvalue weighted by molar-refractivity contribution is 0.00540. The number of carbonyl (C=O) groups excluding carboxylic acids is 1. The molecule has 2 aromatic carbocycles. The standard InChI is InChI=1S/C20H23ClN2O2/c1-15-7-8-19(18(21)13-15)22-20(24)23-11-9-17(10-12-23)25-14-16-5-3-2-4-6-16/h2-8,13,17H,9-12,14H2,1H3,(H,22,24). The van der Waals surface area contributed by atoms with Gasteiger partial charge in [-0.1, -0.05) is 48.0 Å². The molecule has 0 bridgehead atoms. The topological polar surface area (TPSA) is 41.6 Å². The van der Waals surface area contributed by atoms with Crippen molar-refractivity contribution < 1.29 is 9.53 Å². The quantitative estimate of drug-likeness (QED) is 0.847. The minimum absolute atomic E-state index is 0.104. The highest BCUT2D eigenvalue weighted by molar-refractivity contribution is 6.33. The number of likely N-dealkylation sites (tertiary alicyclic amines) is 1. The summed E-state index contributed by atoms with van der Waals surface area (Å²) in [6.07, 6.45) is 1.90. The second-order valence-electron chi connectivity index (χ2n) is 6.40. The van der Waals surface area contributed by atoms with Crippen molar-refractivity contribution in [1.29, 1.82) is 0 Å². The van der Waals surface area contributed by atoms with Crippen LogP contribution < -0.4 is 5.32 Å². The molecule has 132 valence electrons. The zero-order valence-corrected chi connectivity index (χ0v) is 15.1. The Morgan fingerprint density at radius 1 is 1.20 bits per heavy atom. The first kappa shape index (κ1) is 17.8. The zero-order chi connectivity index (χ0) is 17.6. The summed E-state index contributed by atoms with van der Waals surface area (Å²) in [5.41, 5.74) is 2.90. The number of piperidine rings is 1. The van der Waals surface area contributed by atoms with E-state index >= 15 is 0 Å². The highest BCUT2D eigenvalue weighted by Crippen LogP contribution is 2.24. The maximum atomic E-state index is 12.4. The highest BCUT2D eigenvalue weighted by Gasteiger charge is 2.23. The van der Waals surface area contributed by atoms with E-state index in [9.17, 15) is 4.79 Å². The summed E-state index contributed by atoms with van der Waals surface area (Å²) in [6, 6.07) is 15.7. The molecular formula is C20H23ClN2O2. The van der Waals surface area contributed by atoms with Crippen LogP contribution in [0.4, 0.5) is 10.5 Å². The van der Waals surface area contributed by atoms with Gasteiger partial charge in [-0.25, -0.2) is 4.79 Å². The molecule has 0 atom stereocenters. The number of amides is 2. The van der Waals surface area contributed by atoms with Crippen molar-refractivity contribution in [2.75, 3.05) is 18.4 Å². The summed E-state index contributed by atoms with van der Waals surface area (Å²) in [7, 11) is 0. The molecule has 2 aromatic rings. The Morgan fingerprint density at radius 3 is 2.60 bits per heavy atom. The Labute approximate surface area is 153 Å². The molecule has 1 fully saturated rings. The van der Waals surface area contributed by atoms with Gasteiger partial charge in [-0.2, -0.15) is 0 Å². The monoisotopic (exact) mass is 358 g/mol. The molecule has 1 heterocycles. The number of anilines is 1. The van der Waals surface area contributed by atoms with Crippen LogP contribution in [-0.4, -0.2) is 30.1 Å². The van der Waals surface area contributed by atoms with Crippen LogP contribution in [0.1, 0.15) is 24.0 Å². The number of hydrogen-bond acceptors (Lipinski definition) is 2. The molecule has 1 N–H and O–H groups in total. The largest absolute Gasteiger partial charge is 0.373 e. The predicted octanol–water partition coefficient (Wildman–Crippen LogP) is 4.86. The van der Waals surface area contributed by atoms with Crippen molar-refractivity contribution in [3.05, 3.63) is 64.7 Å². The minimum Gasteiger partial charge on any atom is -0.373 e. The number of benzene rings is 2. The third kappa shape index (κ3) is 4.97. The van der Waals surface area contributed by atoms with E-state index in [4.69, 9.17) is 16.3 Å². The first-order chi connectivity index (χ1) is 12.1. The molecule has 0 spiro atoms. The van der Waals surface area contributed by atoms with E-state index in [2.05, 4.69) is 17.4 Å². The van der Waals surface area contributed by atoms with Gasteiger partial charge in [-0.05, 0) is 43.0 Å². The van der Waals surface area contributed by atoms with Crippen LogP contribution in [0, 0.1) is 6.92 Å². The lowest BCUT2D eigenvalue weighted by atomic mass is 10.1. The number of nitrogens with zero attached hydrogens (tertiary/aromatic N) is 1. The summed E-state index contributed by atoms with van der Waals surface area (Å²) in [6.45, 7) is 3.97. The van der Waals surface area contributed by atoms with Gasteiger partial charge in [-0.3, -0.25) is 0 Å². The third-order valence-corrected chi connectivity index (χ3v) is 4.74. The van der Waals surface area contributed by atoms with Crippen molar-refractivity contribution in [2.24, 2.45) is 0 Å². The molecular weight excluding hydrogens is 336 g/mol. The number of halogens is 1. The van der Waals surface area contributed by atoms with Gasteiger partial charge in [0.05, 0.1) is 23.4 Å². The third-order valence-electron chi connectivity index (χ3n) is 4.42. The van der Waals surface area contributed by atoms with E-state index in [1.807, 2.05) is 48.2 Å². The second kappa shape index (κ2) is 8.37. The van der Waals surface area contributed by atoms with Gasteiger partial charge in [0.15, 0.2) is 0 Å². The van der Waals surface area contributed by atoms with Gasteiger partial charge >= 0.3 is 6.03 Å². The molecule has 0 unspecified atom stereocenters. The first-order valence-electron chi connectivity index (χ1n) is 8.59. The Balaban J connectivity index is 1.46. The number of urea groups is 1. The van der Waals surface area contributed by atoms with Crippen LogP contribution in [0.15, 0.2) is 48.5 Å². The van der Waals surface area contributed by atoms with Crippen LogP contribution in [0.5, 0.6) is 0 Å². The number of rotatable bonds is 4. The predicted molar refractivity (Wildman–Crippen MR) is 101 cm³/mol. The number of nitrogens with one attached hydrogen (secondary N) is 1. The summed E-state index contributed by atoms with van der Waals surface area (Å²) in [5.74, 6) is 0. The molecule has 1 saturated heterocycles. The summed E-state index contributed by atoms with van der Waals surface area (Å²) in [5, 5.41) is 3.46. The first-order valence-corrected chi connectivity index (χ1v) is 8.97. The van der Waals surface area contributed by atoms with Crippen LogP contribution in [0.2, 0.25) is 5.02 Å². The normalized spacial score (nSPS) is 15.2. The average Bonchev–Trinajstić information content (AvgIpc) is 2.63. The average molecular weight is 359 g/mol. The molecule has 1 aliphatic heterocycles. The molecule has 0 saturated carbocycles. The molecule has 5 heteroatoms. The van der Waals surface area contributed by atoms with E-state index in [-0.39, 0.29) is 12.1 Å². The SMILES string of the molecule is Cc1ccc(NC(=O)N2CCC(OCc3ccccc3)CC2)c(Cl)c1. The van der Waals surface area contributed by atoms with Crippen molar-refractivity contribution in [1.82, 2.24) is 4.90 Å². The summed E-state index contributed by atoms with van der Waals surface area (Å²) in [4.78, 5) is 14.2. The number of hydrogen-bond donors (Lipinski definition) is 1. The van der Waals surface area contributed by atoms with Crippen LogP contribution in [0.3, 0.4) is 0 Å². The lowest BCUT2D eigenvalue weighted by Gasteiger charge is -2.32. The Hall–Kier alpha value is -2.04. The van der Waals surface area contributed by atoms with Crippen molar-refractivity contribution in [3.63, 3.8) is 0 Å². The van der Waals surface area contributed by atoms with Gasteiger partial charge in [0.2, 0.25) is 0 Å². The Bertz CT molecular complexity index is 713. The molecule has 3 rings (SSSR count). The van der Waals surface area contributed by atoms with Crippen LogP contribution in [0.25, 0.3) is 0 Å². The fourth-order valence-corrected chi connectivity index (χ4v) is 3.21. The van der Waals surface area contributed by atoms with Crippen LogP contribution >= 0.6 is 11.6 Å². The van der Waals surface area contributed by atoms with Gasteiger partial charge < -0.3 is 15.0 Å². The minimum atomic E-state index is -0.104. The fourth-order valence-electron chi connectivity index (χ4n) is 2.93. The van der Waals surface area contributed by atoms with E-state index in [0.29, 0.717) is 30.4 Å². The molecule has 4 nitrogen and oxygen atoms in total. The Kier molecular flexibility index (Phi) is 5.95. The molecule has 0 aliphatic carbocycles. The molecule has 0 radical (unpaired) electrons. The van der Waals surface area contributed by atoms with Crippen LogP contribution in [-0.2, 0) is 11.3 Å². The van der Waals surface area contributed by atoms with Gasteiger partial charge in [-0.15, -0.1) is 0 Å². The molecule has 25 heavy (non-hydrogen) atoms. The lowest BCUT2D eigenvalue weighted by Crippen LogP contribution is -2.43. The number of carbonyl (C=O) groups is 1. The molecule has 2 amide bonds. The molecule has 1 aliphatic rings. The fraction of sp³-hybridized carbons (Fsp3) is 0.350. The smallest absolute Gasteiger partial charge is 0.321 e. The number of aryl methyl sites for hydroxylation is 1. The number of ether oxygens (including phenoxy) is 1. The highest BCUT2D eigenvalue weighted by atomic mass is 35.5. The summed E-state index contributed by atoms with van der Waals surface area (Å²) >= 11 is 6.18. The van der Waals surface area contributed by atoms with Gasteiger partial charge in [0.25, 0.3) is 0 Å². The van der Waals surface area contributed by atoms with E-state index < -0.39 is 0 Å². The van der Waals surface area contributed by atoms with E-state index in [0.717, 1.165) is 18.4 Å².